The van der Waals surface area contributed by atoms with E-state index in [0.29, 0.717) is 10.7 Å². The lowest BCUT2D eigenvalue weighted by atomic mass is 10.2. The summed E-state index contributed by atoms with van der Waals surface area (Å²) in [7, 11) is 0. The van der Waals surface area contributed by atoms with Gasteiger partial charge in [0, 0.05) is 10.7 Å². The van der Waals surface area contributed by atoms with Crippen LogP contribution in [0, 0.1) is 6.92 Å². The van der Waals surface area contributed by atoms with E-state index in [2.05, 4.69) is 0 Å². The molecule has 78 valence electrons. The lowest BCUT2D eigenvalue weighted by Gasteiger charge is -2.15. The Morgan fingerprint density at radius 1 is 1.33 bits per heavy atom. The number of Topliss-reactive ketones (excluding diaryl/α,β-unsaturated/α-hetero) is 1. The van der Waals surface area contributed by atoms with Crippen LogP contribution in [0.3, 0.4) is 0 Å². The molecule has 0 unspecified atom stereocenters. The van der Waals surface area contributed by atoms with Crippen LogP contribution in [0.4, 0.5) is 5.69 Å². The van der Waals surface area contributed by atoms with Gasteiger partial charge >= 0.3 is 0 Å². The van der Waals surface area contributed by atoms with E-state index in [0.717, 1.165) is 5.56 Å². The fourth-order valence-electron chi connectivity index (χ4n) is 1.57. The van der Waals surface area contributed by atoms with Gasteiger partial charge in [0.15, 0.2) is 5.78 Å². The maximum atomic E-state index is 11.4. The second kappa shape index (κ2) is 3.66. The summed E-state index contributed by atoms with van der Waals surface area (Å²) in [6.07, 6.45) is 0.00545. The molecule has 1 saturated heterocycles. The minimum Gasteiger partial charge on any atom is -0.305 e. The number of hydrogen-bond donors (Lipinski definition) is 0. The van der Waals surface area contributed by atoms with Gasteiger partial charge in [0.25, 0.3) is 0 Å². The van der Waals surface area contributed by atoms with Crippen molar-refractivity contribution < 1.29 is 9.59 Å². The molecule has 1 fully saturated rings. The Morgan fingerprint density at radius 3 is 2.60 bits per heavy atom. The third-order valence-corrected chi connectivity index (χ3v) is 2.86. The van der Waals surface area contributed by atoms with Gasteiger partial charge in [0.05, 0.1) is 13.0 Å². The van der Waals surface area contributed by atoms with Crippen LogP contribution in [0.25, 0.3) is 0 Å². The van der Waals surface area contributed by atoms with Gasteiger partial charge in [-0.05, 0) is 24.6 Å². The SMILES string of the molecule is Cc1ccc(N2CC(=O)CC2=O)cc1Cl. The molecule has 1 aliphatic rings. The molecule has 0 radical (unpaired) electrons. The summed E-state index contributed by atoms with van der Waals surface area (Å²) in [5.41, 5.74) is 1.65. The monoisotopic (exact) mass is 223 g/mol. The van der Waals surface area contributed by atoms with Crippen LogP contribution < -0.4 is 4.90 Å². The topological polar surface area (TPSA) is 37.4 Å². The summed E-state index contributed by atoms with van der Waals surface area (Å²) >= 11 is 5.95. The number of carbonyl (C=O) groups is 2. The molecule has 4 heteroatoms. The highest BCUT2D eigenvalue weighted by Crippen LogP contribution is 2.25. The van der Waals surface area contributed by atoms with E-state index in [1.165, 1.54) is 4.90 Å². The molecule has 2 rings (SSSR count). The van der Waals surface area contributed by atoms with Crippen molar-refractivity contribution in [3.63, 3.8) is 0 Å². The molecule has 3 nitrogen and oxygen atoms in total. The predicted molar refractivity (Wildman–Crippen MR) is 58.2 cm³/mol. The van der Waals surface area contributed by atoms with E-state index < -0.39 is 0 Å². The fourth-order valence-corrected chi connectivity index (χ4v) is 1.74. The number of benzene rings is 1. The highest BCUT2D eigenvalue weighted by atomic mass is 35.5. The number of amides is 1. The zero-order valence-corrected chi connectivity index (χ0v) is 9.04. The minimum absolute atomic E-state index is 0.00545. The third-order valence-electron chi connectivity index (χ3n) is 2.45. The molecule has 0 aliphatic carbocycles. The van der Waals surface area contributed by atoms with E-state index in [4.69, 9.17) is 11.6 Å². The normalized spacial score (nSPS) is 16.3. The maximum absolute atomic E-state index is 11.4. The summed E-state index contributed by atoms with van der Waals surface area (Å²) in [5, 5.41) is 0.611. The van der Waals surface area contributed by atoms with E-state index >= 15 is 0 Å². The molecule has 1 aliphatic heterocycles. The van der Waals surface area contributed by atoms with Crippen molar-refractivity contribution in [1.29, 1.82) is 0 Å². The van der Waals surface area contributed by atoms with Crippen molar-refractivity contribution in [2.24, 2.45) is 0 Å². The number of halogens is 1. The number of rotatable bonds is 1. The standard InChI is InChI=1S/C11H10ClNO2/c1-7-2-3-8(4-10(7)12)13-6-9(14)5-11(13)15/h2-4H,5-6H2,1H3. The molecule has 0 saturated carbocycles. The minimum atomic E-state index is -0.153. The molecule has 0 atom stereocenters. The zero-order chi connectivity index (χ0) is 11.0. The number of aryl methyl sites for hydroxylation is 1. The first-order valence-corrected chi connectivity index (χ1v) is 5.04. The average molecular weight is 224 g/mol. The van der Waals surface area contributed by atoms with Gasteiger partial charge < -0.3 is 4.90 Å². The maximum Gasteiger partial charge on any atom is 0.234 e. The third kappa shape index (κ3) is 1.88. The van der Waals surface area contributed by atoms with Gasteiger partial charge in [-0.3, -0.25) is 9.59 Å². The van der Waals surface area contributed by atoms with Crippen molar-refractivity contribution in [2.75, 3.05) is 11.4 Å². The van der Waals surface area contributed by atoms with Crippen molar-refractivity contribution in [2.45, 2.75) is 13.3 Å². The molecule has 1 amide bonds. The highest BCUT2D eigenvalue weighted by molar-refractivity contribution is 6.31. The van der Waals surface area contributed by atoms with E-state index in [9.17, 15) is 9.59 Å². The number of carbonyl (C=O) groups excluding carboxylic acids is 2. The lowest BCUT2D eigenvalue weighted by molar-refractivity contribution is -0.121. The summed E-state index contributed by atoms with van der Waals surface area (Å²) in [6.45, 7) is 2.06. The first-order chi connectivity index (χ1) is 7.08. The molecule has 15 heavy (non-hydrogen) atoms. The Morgan fingerprint density at radius 2 is 2.07 bits per heavy atom. The van der Waals surface area contributed by atoms with E-state index in [-0.39, 0.29) is 24.7 Å². The van der Waals surface area contributed by atoms with Crippen molar-refractivity contribution >= 4 is 29.0 Å². The summed E-state index contributed by atoms with van der Waals surface area (Å²) in [5.74, 6) is -0.198. The molecule has 0 aromatic heterocycles. The van der Waals surface area contributed by atoms with Gasteiger partial charge in [-0.2, -0.15) is 0 Å². The molecular weight excluding hydrogens is 214 g/mol. The molecule has 0 bridgehead atoms. The highest BCUT2D eigenvalue weighted by Gasteiger charge is 2.28. The van der Waals surface area contributed by atoms with Gasteiger partial charge in [-0.15, -0.1) is 0 Å². The molecule has 0 N–H and O–H groups in total. The average Bonchev–Trinajstić information content (AvgIpc) is 2.50. The Bertz CT molecular complexity index is 442. The second-order valence-electron chi connectivity index (χ2n) is 3.63. The van der Waals surface area contributed by atoms with Crippen LogP contribution in [0.15, 0.2) is 18.2 Å². The van der Waals surface area contributed by atoms with Crippen LogP contribution in [0.2, 0.25) is 5.02 Å². The lowest BCUT2D eigenvalue weighted by Crippen LogP contribution is -2.24. The van der Waals surface area contributed by atoms with E-state index in [1.54, 1.807) is 12.1 Å². The Hall–Kier alpha value is -1.35. The van der Waals surface area contributed by atoms with Gasteiger partial charge in [0.2, 0.25) is 5.91 Å². The van der Waals surface area contributed by atoms with Crippen LogP contribution in [-0.4, -0.2) is 18.2 Å². The zero-order valence-electron chi connectivity index (χ0n) is 8.29. The van der Waals surface area contributed by atoms with Gasteiger partial charge in [-0.1, -0.05) is 17.7 Å². The van der Waals surface area contributed by atoms with Crippen LogP contribution in [-0.2, 0) is 9.59 Å². The molecular formula is C11H10ClNO2. The van der Waals surface area contributed by atoms with Crippen molar-refractivity contribution in [1.82, 2.24) is 0 Å². The van der Waals surface area contributed by atoms with Crippen LogP contribution >= 0.6 is 11.6 Å². The number of ketones is 1. The van der Waals surface area contributed by atoms with Gasteiger partial charge in [0.1, 0.15) is 0 Å². The van der Waals surface area contributed by atoms with Crippen molar-refractivity contribution in [3.8, 4) is 0 Å². The smallest absolute Gasteiger partial charge is 0.234 e. The first-order valence-electron chi connectivity index (χ1n) is 4.66. The largest absolute Gasteiger partial charge is 0.305 e. The molecule has 1 heterocycles. The second-order valence-corrected chi connectivity index (χ2v) is 4.04. The van der Waals surface area contributed by atoms with Crippen LogP contribution in [0.1, 0.15) is 12.0 Å². The van der Waals surface area contributed by atoms with Crippen LogP contribution in [0.5, 0.6) is 0 Å². The Balaban J connectivity index is 2.34. The Kier molecular flexibility index (Phi) is 2.49. The van der Waals surface area contributed by atoms with Gasteiger partial charge in [-0.25, -0.2) is 0 Å². The summed E-state index contributed by atoms with van der Waals surface area (Å²) < 4.78 is 0. The summed E-state index contributed by atoms with van der Waals surface area (Å²) in [4.78, 5) is 24.0. The quantitative estimate of drug-likeness (QED) is 0.683. The first kappa shape index (κ1) is 10.2. The predicted octanol–water partition coefficient (Wildman–Crippen LogP) is 1.95. The number of nitrogens with zero attached hydrogens (tertiary/aromatic N) is 1. The van der Waals surface area contributed by atoms with Crippen molar-refractivity contribution in [3.05, 3.63) is 28.8 Å². The summed E-state index contributed by atoms with van der Waals surface area (Å²) in [6, 6.07) is 5.36. The molecule has 1 aromatic rings. The number of hydrogen-bond acceptors (Lipinski definition) is 2. The number of anilines is 1. The van der Waals surface area contributed by atoms with E-state index in [1.807, 2.05) is 13.0 Å². The Labute approximate surface area is 92.6 Å². The molecule has 0 spiro atoms. The molecule has 1 aromatic carbocycles. The fraction of sp³-hybridized carbons (Fsp3) is 0.273.